The summed E-state index contributed by atoms with van der Waals surface area (Å²) in [7, 11) is -1.64. The van der Waals surface area contributed by atoms with Crippen molar-refractivity contribution in [3.05, 3.63) is 77.9 Å². The topological polar surface area (TPSA) is 0 Å². The van der Waals surface area contributed by atoms with Crippen LogP contribution in [0.3, 0.4) is 0 Å². The molecular formula is C19H18Si. The van der Waals surface area contributed by atoms with Crippen molar-refractivity contribution in [2.75, 3.05) is 0 Å². The van der Waals surface area contributed by atoms with E-state index in [1.165, 1.54) is 23.2 Å². The summed E-state index contributed by atoms with van der Waals surface area (Å²) in [5, 5.41) is 1.52. The van der Waals surface area contributed by atoms with Gasteiger partial charge in [0.2, 0.25) is 0 Å². The van der Waals surface area contributed by atoms with E-state index in [1.807, 2.05) is 6.07 Å². The average Bonchev–Trinajstić information content (AvgIpc) is 2.90. The van der Waals surface area contributed by atoms with Gasteiger partial charge in [0.1, 0.15) is 0 Å². The van der Waals surface area contributed by atoms with Crippen molar-refractivity contribution in [2.24, 2.45) is 0 Å². The van der Waals surface area contributed by atoms with Crippen molar-refractivity contribution in [3.63, 3.8) is 0 Å². The SMILES string of the molecule is C[Si]1(C#Cc2ccccc2)CCC=C1c1ccccc1. The molecule has 0 radical (unpaired) electrons. The normalized spacial score (nSPS) is 20.9. The van der Waals surface area contributed by atoms with Crippen LogP contribution in [-0.2, 0) is 0 Å². The summed E-state index contributed by atoms with van der Waals surface area (Å²) < 4.78 is 0. The van der Waals surface area contributed by atoms with Crippen LogP contribution in [-0.4, -0.2) is 8.07 Å². The fourth-order valence-electron chi connectivity index (χ4n) is 2.78. The van der Waals surface area contributed by atoms with Gasteiger partial charge in [0, 0.05) is 5.56 Å². The molecule has 0 fully saturated rings. The predicted molar refractivity (Wildman–Crippen MR) is 88.8 cm³/mol. The fraction of sp³-hybridized carbons (Fsp3) is 0.158. The van der Waals surface area contributed by atoms with Crippen LogP contribution in [0.5, 0.6) is 0 Å². The third-order valence-corrected chi connectivity index (χ3v) is 7.58. The number of hydrogen-bond acceptors (Lipinski definition) is 0. The molecule has 20 heavy (non-hydrogen) atoms. The summed E-state index contributed by atoms with van der Waals surface area (Å²) in [6, 6.07) is 22.3. The molecule has 0 saturated heterocycles. The second kappa shape index (κ2) is 5.52. The Morgan fingerprint density at radius 1 is 0.900 bits per heavy atom. The fourth-order valence-corrected chi connectivity index (χ4v) is 5.85. The van der Waals surface area contributed by atoms with Crippen LogP contribution in [0.15, 0.2) is 66.7 Å². The predicted octanol–water partition coefficient (Wildman–Crippen LogP) is 4.68. The Morgan fingerprint density at radius 2 is 1.55 bits per heavy atom. The molecule has 0 aromatic heterocycles. The van der Waals surface area contributed by atoms with Crippen LogP contribution in [0.4, 0.5) is 0 Å². The lowest BCUT2D eigenvalue weighted by Crippen LogP contribution is -2.27. The highest BCUT2D eigenvalue weighted by atomic mass is 28.3. The quantitative estimate of drug-likeness (QED) is 0.523. The molecule has 0 N–H and O–H groups in total. The largest absolute Gasteiger partial charge is 0.166 e. The number of rotatable bonds is 1. The summed E-state index contributed by atoms with van der Waals surface area (Å²) in [5.41, 5.74) is 6.13. The van der Waals surface area contributed by atoms with Gasteiger partial charge in [0.15, 0.2) is 8.07 Å². The molecule has 1 atom stereocenters. The van der Waals surface area contributed by atoms with Crippen molar-refractivity contribution in [1.82, 2.24) is 0 Å². The van der Waals surface area contributed by atoms with E-state index in [1.54, 1.807) is 0 Å². The lowest BCUT2D eigenvalue weighted by molar-refractivity contribution is 1.22. The second-order valence-electron chi connectivity index (χ2n) is 5.47. The highest BCUT2D eigenvalue weighted by Gasteiger charge is 2.34. The summed E-state index contributed by atoms with van der Waals surface area (Å²) in [6.45, 7) is 2.40. The molecule has 1 aliphatic rings. The van der Waals surface area contributed by atoms with E-state index in [2.05, 4.69) is 78.7 Å². The third-order valence-electron chi connectivity index (χ3n) is 3.93. The van der Waals surface area contributed by atoms with Gasteiger partial charge >= 0.3 is 0 Å². The minimum absolute atomic E-state index is 1.13. The molecule has 3 rings (SSSR count). The van der Waals surface area contributed by atoms with E-state index >= 15 is 0 Å². The molecule has 0 amide bonds. The maximum Gasteiger partial charge on any atom is 0.166 e. The smallest absolute Gasteiger partial charge is 0.120 e. The minimum Gasteiger partial charge on any atom is -0.120 e. The Hall–Kier alpha value is -2.04. The van der Waals surface area contributed by atoms with Crippen molar-refractivity contribution in [2.45, 2.75) is 19.0 Å². The lowest BCUT2D eigenvalue weighted by Gasteiger charge is -2.19. The molecule has 2 aromatic rings. The molecule has 98 valence electrons. The average molecular weight is 274 g/mol. The van der Waals surface area contributed by atoms with Gasteiger partial charge in [-0.05, 0) is 35.4 Å². The minimum atomic E-state index is -1.64. The first-order chi connectivity index (χ1) is 9.78. The Kier molecular flexibility index (Phi) is 3.58. The first-order valence-electron chi connectivity index (χ1n) is 7.12. The third kappa shape index (κ3) is 2.61. The molecule has 2 aromatic carbocycles. The molecule has 0 saturated carbocycles. The van der Waals surface area contributed by atoms with Gasteiger partial charge in [0.05, 0.1) is 0 Å². The van der Waals surface area contributed by atoms with Crippen LogP contribution < -0.4 is 0 Å². The molecule has 1 heterocycles. The molecule has 1 aliphatic heterocycles. The zero-order valence-electron chi connectivity index (χ0n) is 11.8. The molecule has 1 heteroatoms. The van der Waals surface area contributed by atoms with E-state index in [4.69, 9.17) is 0 Å². The van der Waals surface area contributed by atoms with Gasteiger partial charge in [-0.15, -0.1) is 5.54 Å². The first kappa shape index (κ1) is 13.0. The van der Waals surface area contributed by atoms with Crippen molar-refractivity contribution in [1.29, 1.82) is 0 Å². The van der Waals surface area contributed by atoms with Gasteiger partial charge in [0.25, 0.3) is 0 Å². The number of benzene rings is 2. The Balaban J connectivity index is 1.93. The van der Waals surface area contributed by atoms with E-state index in [0.717, 1.165) is 5.56 Å². The molecule has 1 unspecified atom stereocenters. The van der Waals surface area contributed by atoms with Gasteiger partial charge in [-0.2, -0.15) is 0 Å². The van der Waals surface area contributed by atoms with Crippen LogP contribution in [0, 0.1) is 11.5 Å². The maximum absolute atomic E-state index is 3.64. The van der Waals surface area contributed by atoms with E-state index in [0.29, 0.717) is 0 Å². The van der Waals surface area contributed by atoms with Gasteiger partial charge in [-0.3, -0.25) is 0 Å². The Morgan fingerprint density at radius 3 is 2.25 bits per heavy atom. The summed E-state index contributed by atoms with van der Waals surface area (Å²) in [6.07, 6.45) is 3.58. The molecule has 0 nitrogen and oxygen atoms in total. The zero-order valence-corrected chi connectivity index (χ0v) is 12.8. The summed E-state index contributed by atoms with van der Waals surface area (Å²) in [5.74, 6) is 3.40. The van der Waals surface area contributed by atoms with Crippen molar-refractivity contribution >= 4 is 13.3 Å². The van der Waals surface area contributed by atoms with E-state index < -0.39 is 8.07 Å². The number of allylic oxidation sites excluding steroid dienone is 1. The summed E-state index contributed by atoms with van der Waals surface area (Å²) in [4.78, 5) is 0. The molecule has 0 bridgehead atoms. The monoisotopic (exact) mass is 274 g/mol. The standard InChI is InChI=1S/C19H18Si/c1-20(16-14-17-9-4-2-5-10-17)15-8-13-19(20)18-11-6-3-7-12-18/h2-7,9-13H,8,15H2,1H3. The molecule has 0 aliphatic carbocycles. The van der Waals surface area contributed by atoms with Crippen LogP contribution in [0.25, 0.3) is 5.20 Å². The van der Waals surface area contributed by atoms with Gasteiger partial charge < -0.3 is 0 Å². The van der Waals surface area contributed by atoms with E-state index in [9.17, 15) is 0 Å². The molecule has 0 spiro atoms. The van der Waals surface area contributed by atoms with Crippen LogP contribution in [0.2, 0.25) is 12.6 Å². The van der Waals surface area contributed by atoms with Crippen LogP contribution in [0.1, 0.15) is 17.5 Å². The van der Waals surface area contributed by atoms with Crippen LogP contribution >= 0.6 is 0 Å². The summed E-state index contributed by atoms with van der Waals surface area (Å²) >= 11 is 0. The molecular weight excluding hydrogens is 256 g/mol. The zero-order chi connectivity index (χ0) is 13.8. The highest BCUT2D eigenvalue weighted by molar-refractivity contribution is 7.02. The number of hydrogen-bond donors (Lipinski definition) is 0. The van der Waals surface area contributed by atoms with Gasteiger partial charge in [-0.1, -0.05) is 67.1 Å². The van der Waals surface area contributed by atoms with Crippen molar-refractivity contribution < 1.29 is 0 Å². The lowest BCUT2D eigenvalue weighted by atomic mass is 10.2. The first-order valence-corrected chi connectivity index (χ1v) is 9.83. The Bertz CT molecular complexity index is 674. The van der Waals surface area contributed by atoms with Gasteiger partial charge in [-0.25, -0.2) is 0 Å². The van der Waals surface area contributed by atoms with E-state index in [-0.39, 0.29) is 0 Å². The highest BCUT2D eigenvalue weighted by Crippen LogP contribution is 2.35. The maximum atomic E-state index is 3.64. The Labute approximate surface area is 122 Å². The van der Waals surface area contributed by atoms with Crippen molar-refractivity contribution in [3.8, 4) is 11.5 Å². The second-order valence-corrected chi connectivity index (χ2v) is 9.42.